The van der Waals surface area contributed by atoms with Gasteiger partial charge < -0.3 is 0 Å². The van der Waals surface area contributed by atoms with Crippen LogP contribution in [0, 0.1) is 13.8 Å². The zero-order valence-corrected chi connectivity index (χ0v) is 17.7. The number of aromatic nitrogens is 1. The van der Waals surface area contributed by atoms with Crippen LogP contribution < -0.4 is 4.80 Å². The molecule has 0 saturated carbocycles. The first-order valence-electron chi connectivity index (χ1n) is 9.16. The summed E-state index contributed by atoms with van der Waals surface area (Å²) in [5.74, 6) is 0. The van der Waals surface area contributed by atoms with Crippen molar-refractivity contribution in [2.24, 2.45) is 4.99 Å². The number of benzene rings is 3. The van der Waals surface area contributed by atoms with Gasteiger partial charge in [-0.25, -0.2) is 17.4 Å². The lowest BCUT2D eigenvalue weighted by Gasteiger charge is -2.06. The second kappa shape index (κ2) is 7.81. The van der Waals surface area contributed by atoms with Gasteiger partial charge in [-0.05, 0) is 43.2 Å². The third-order valence-electron chi connectivity index (χ3n) is 4.59. The maximum absolute atomic E-state index is 13.4. The zero-order valence-electron chi connectivity index (χ0n) is 16.1. The molecule has 6 heteroatoms. The Hall–Kier alpha value is -2.96. The van der Waals surface area contributed by atoms with Gasteiger partial charge in [0.1, 0.15) is 0 Å². The molecular formula is C23H20N2O2S2. The van der Waals surface area contributed by atoms with Gasteiger partial charge >= 0.3 is 0 Å². The number of rotatable bonds is 4. The Balaban J connectivity index is 1.96. The first-order valence-corrected chi connectivity index (χ1v) is 11.4. The molecule has 1 aromatic heterocycles. The summed E-state index contributed by atoms with van der Waals surface area (Å²) >= 11 is 1.36. The van der Waals surface area contributed by atoms with Gasteiger partial charge in [-0.3, -0.25) is 0 Å². The van der Waals surface area contributed by atoms with Gasteiger partial charge in [0.2, 0.25) is 4.80 Å². The van der Waals surface area contributed by atoms with Crippen LogP contribution in [0.3, 0.4) is 0 Å². The predicted octanol–water partition coefficient (Wildman–Crippen LogP) is 5.30. The molecule has 3 aromatic carbocycles. The fourth-order valence-electron chi connectivity index (χ4n) is 2.93. The minimum Gasteiger partial charge on any atom is -0.220 e. The third-order valence-corrected chi connectivity index (χ3v) is 7.40. The largest absolute Gasteiger partial charge is 0.270 e. The molecule has 146 valence electrons. The molecular weight excluding hydrogens is 400 g/mol. The van der Waals surface area contributed by atoms with Gasteiger partial charge in [-0.15, -0.1) is 0 Å². The van der Waals surface area contributed by atoms with E-state index in [1.807, 2.05) is 68.4 Å². The smallest absolute Gasteiger partial charge is 0.220 e. The Labute approximate surface area is 174 Å². The molecule has 4 aromatic rings. The number of para-hydroxylation sites is 1. The minimum atomic E-state index is -3.77. The van der Waals surface area contributed by atoms with Gasteiger partial charge in [0.25, 0.3) is 10.0 Å². The highest BCUT2D eigenvalue weighted by molar-refractivity contribution is 7.90. The van der Waals surface area contributed by atoms with Crippen LogP contribution in [0.25, 0.3) is 10.4 Å². The van der Waals surface area contributed by atoms with Crippen LogP contribution in [-0.2, 0) is 10.0 Å². The van der Waals surface area contributed by atoms with Crippen molar-refractivity contribution in [2.45, 2.75) is 18.7 Å². The first kappa shape index (κ1) is 19.4. The van der Waals surface area contributed by atoms with Crippen molar-refractivity contribution in [1.29, 1.82) is 0 Å². The molecule has 1 heterocycles. The van der Waals surface area contributed by atoms with Crippen LogP contribution in [-0.4, -0.2) is 12.4 Å². The summed E-state index contributed by atoms with van der Waals surface area (Å²) in [6.07, 6.45) is 1.66. The molecule has 0 atom stereocenters. The summed E-state index contributed by atoms with van der Waals surface area (Å²) in [7, 11) is -3.77. The number of nitrogens with zero attached hydrogens (tertiary/aromatic N) is 2. The molecule has 0 fully saturated rings. The Morgan fingerprint density at radius 1 is 0.828 bits per heavy atom. The van der Waals surface area contributed by atoms with Crippen molar-refractivity contribution in [1.82, 2.24) is 3.97 Å². The van der Waals surface area contributed by atoms with E-state index in [2.05, 4.69) is 0 Å². The maximum Gasteiger partial charge on any atom is 0.270 e. The van der Waals surface area contributed by atoms with Crippen molar-refractivity contribution in [3.05, 3.63) is 101 Å². The van der Waals surface area contributed by atoms with Gasteiger partial charge in [-0.1, -0.05) is 77.6 Å². The molecule has 0 bridgehead atoms. The molecule has 0 unspecified atom stereocenters. The molecule has 4 nitrogen and oxygen atoms in total. The van der Waals surface area contributed by atoms with Crippen LogP contribution >= 0.6 is 11.3 Å². The minimum absolute atomic E-state index is 0.242. The average molecular weight is 421 g/mol. The highest BCUT2D eigenvalue weighted by atomic mass is 32.2. The number of hydrogen-bond acceptors (Lipinski definition) is 4. The van der Waals surface area contributed by atoms with E-state index >= 15 is 0 Å². The topological polar surface area (TPSA) is 51.4 Å². The number of thiazole rings is 1. The summed E-state index contributed by atoms with van der Waals surface area (Å²) in [5.41, 5.74) is 3.70. The van der Waals surface area contributed by atoms with Crippen LogP contribution in [0.15, 0.2) is 94.9 Å². The number of aryl methyl sites for hydroxylation is 2. The van der Waals surface area contributed by atoms with Gasteiger partial charge in [0.05, 0.1) is 15.5 Å². The van der Waals surface area contributed by atoms with Gasteiger partial charge in [0, 0.05) is 6.20 Å². The van der Waals surface area contributed by atoms with Crippen LogP contribution in [0.5, 0.6) is 0 Å². The Kier molecular flexibility index (Phi) is 5.22. The molecule has 4 rings (SSSR count). The molecule has 0 radical (unpaired) electrons. The SMILES string of the molecule is Cc1ccc(S(=O)(=O)n2cc(-c3ccccc3)sc2=Nc2ccccc2C)cc1. The molecule has 0 aliphatic heterocycles. The van der Waals surface area contributed by atoms with Crippen LogP contribution in [0.1, 0.15) is 11.1 Å². The first-order chi connectivity index (χ1) is 13.9. The molecule has 0 spiro atoms. The summed E-state index contributed by atoms with van der Waals surface area (Å²) in [6.45, 7) is 3.89. The van der Waals surface area contributed by atoms with E-state index in [1.165, 1.54) is 15.3 Å². The van der Waals surface area contributed by atoms with Gasteiger partial charge in [0.15, 0.2) is 0 Å². The van der Waals surface area contributed by atoms with E-state index in [0.29, 0.717) is 4.80 Å². The monoisotopic (exact) mass is 420 g/mol. The second-order valence-corrected chi connectivity index (χ2v) is 9.58. The fraction of sp³-hybridized carbons (Fsp3) is 0.0870. The summed E-state index contributed by atoms with van der Waals surface area (Å²) in [5, 5.41) is 0. The standard InChI is InChI=1S/C23H20N2O2S2/c1-17-12-14-20(15-13-17)29(26,27)25-16-22(19-9-4-3-5-10-19)28-23(25)24-21-11-7-6-8-18(21)2/h3-16H,1-2H3. The van der Waals surface area contributed by atoms with Crippen molar-refractivity contribution < 1.29 is 8.42 Å². The lowest BCUT2D eigenvalue weighted by atomic mass is 10.2. The Morgan fingerprint density at radius 2 is 1.48 bits per heavy atom. The number of hydrogen-bond donors (Lipinski definition) is 0. The van der Waals surface area contributed by atoms with Gasteiger partial charge in [-0.2, -0.15) is 0 Å². The van der Waals surface area contributed by atoms with E-state index < -0.39 is 10.0 Å². The summed E-state index contributed by atoms with van der Waals surface area (Å²) in [4.78, 5) is 6.20. The highest BCUT2D eigenvalue weighted by Gasteiger charge is 2.20. The van der Waals surface area contributed by atoms with Crippen molar-refractivity contribution in [3.8, 4) is 10.4 Å². The van der Waals surface area contributed by atoms with E-state index in [4.69, 9.17) is 4.99 Å². The Morgan fingerprint density at radius 3 is 2.17 bits per heavy atom. The van der Waals surface area contributed by atoms with E-state index in [-0.39, 0.29) is 4.90 Å². The summed E-state index contributed by atoms with van der Waals surface area (Å²) in [6, 6.07) is 24.3. The van der Waals surface area contributed by atoms with Crippen molar-refractivity contribution >= 4 is 27.0 Å². The maximum atomic E-state index is 13.4. The van der Waals surface area contributed by atoms with Crippen LogP contribution in [0.2, 0.25) is 0 Å². The lowest BCUT2D eigenvalue weighted by molar-refractivity contribution is 0.586. The molecule has 0 N–H and O–H groups in total. The molecule has 0 aliphatic rings. The highest BCUT2D eigenvalue weighted by Crippen LogP contribution is 2.25. The second-order valence-electron chi connectivity index (χ2n) is 6.76. The molecule has 29 heavy (non-hydrogen) atoms. The molecule has 0 saturated heterocycles. The zero-order chi connectivity index (χ0) is 20.4. The summed E-state index contributed by atoms with van der Waals surface area (Å²) < 4.78 is 28.1. The Bertz CT molecular complexity index is 1320. The average Bonchev–Trinajstić information content (AvgIpc) is 3.15. The van der Waals surface area contributed by atoms with Crippen molar-refractivity contribution in [2.75, 3.05) is 0 Å². The van der Waals surface area contributed by atoms with Crippen molar-refractivity contribution in [3.63, 3.8) is 0 Å². The van der Waals surface area contributed by atoms with E-state index in [9.17, 15) is 8.42 Å². The predicted molar refractivity (Wildman–Crippen MR) is 118 cm³/mol. The normalized spacial score (nSPS) is 12.3. The lowest BCUT2D eigenvalue weighted by Crippen LogP contribution is -2.23. The quantitative estimate of drug-likeness (QED) is 0.450. The van der Waals surface area contributed by atoms with E-state index in [1.54, 1.807) is 30.5 Å². The molecule has 0 aliphatic carbocycles. The van der Waals surface area contributed by atoms with E-state index in [0.717, 1.165) is 27.3 Å². The third kappa shape index (κ3) is 3.95. The molecule has 0 amide bonds. The van der Waals surface area contributed by atoms with Crippen LogP contribution in [0.4, 0.5) is 5.69 Å². The fourth-order valence-corrected chi connectivity index (χ4v) is 5.49.